The fraction of sp³-hybridized carbons (Fsp3) is 0.292. The number of rotatable bonds is 6. The first-order valence-corrected chi connectivity index (χ1v) is 10.6. The largest absolute Gasteiger partial charge is 0.497 e. The third-order valence-corrected chi connectivity index (χ3v) is 5.79. The first-order valence-electron chi connectivity index (χ1n) is 10.6. The zero-order valence-corrected chi connectivity index (χ0v) is 19.4. The topological polar surface area (TPSA) is 115 Å². The van der Waals surface area contributed by atoms with Crippen LogP contribution in [0.4, 0.5) is 10.5 Å². The van der Waals surface area contributed by atoms with Gasteiger partial charge in [-0.15, -0.1) is 0 Å². The molecule has 178 valence electrons. The number of hydrogen-bond acceptors (Lipinski definition) is 7. The molecule has 34 heavy (non-hydrogen) atoms. The van der Waals surface area contributed by atoms with Crippen LogP contribution >= 0.6 is 0 Å². The number of esters is 1. The zero-order chi connectivity index (χ0) is 24.2. The molecule has 1 aliphatic heterocycles. The average Bonchev–Trinajstić information content (AvgIpc) is 3.36. The number of fused-ring (bicyclic) bond motifs is 1. The maximum Gasteiger partial charge on any atom is 0.340 e. The van der Waals surface area contributed by atoms with E-state index in [-0.39, 0.29) is 11.3 Å². The molecule has 0 radical (unpaired) electrons. The van der Waals surface area contributed by atoms with E-state index in [1.807, 2.05) is 24.3 Å². The molecule has 3 aromatic rings. The number of urea groups is 1. The summed E-state index contributed by atoms with van der Waals surface area (Å²) < 4.78 is 20.8. The van der Waals surface area contributed by atoms with Crippen LogP contribution in [-0.4, -0.2) is 61.9 Å². The van der Waals surface area contributed by atoms with E-state index in [2.05, 4.69) is 15.3 Å². The number of hydrogen-bond donors (Lipinski definition) is 2. The number of anilines is 1. The van der Waals surface area contributed by atoms with Gasteiger partial charge in [-0.2, -0.15) is 0 Å². The standard InChI is InChI=1S/C24H26N4O6/c1-31-15-7-5-14(6-8-15)22-21-17(25-13-26-21)9-10-28(22)24(30)27-18-12-20(33-3)19(32-2)11-16(18)23(29)34-4/h5-8,11-13,22H,9-10H2,1-4H3,(H,25,26)(H,27,30). The van der Waals surface area contributed by atoms with E-state index >= 15 is 0 Å². The minimum atomic E-state index is -0.615. The van der Waals surface area contributed by atoms with Crippen LogP contribution in [0, 0.1) is 0 Å². The zero-order valence-electron chi connectivity index (χ0n) is 19.4. The van der Waals surface area contributed by atoms with E-state index in [9.17, 15) is 9.59 Å². The van der Waals surface area contributed by atoms with Crippen molar-refractivity contribution in [2.45, 2.75) is 12.5 Å². The Morgan fingerprint density at radius 1 is 1.03 bits per heavy atom. The summed E-state index contributed by atoms with van der Waals surface area (Å²) in [6, 6.07) is 9.69. The molecule has 1 aromatic heterocycles. The molecule has 0 aliphatic carbocycles. The van der Waals surface area contributed by atoms with Gasteiger partial charge >= 0.3 is 12.0 Å². The van der Waals surface area contributed by atoms with Crippen LogP contribution in [-0.2, 0) is 11.2 Å². The van der Waals surface area contributed by atoms with Crippen molar-refractivity contribution in [1.29, 1.82) is 0 Å². The van der Waals surface area contributed by atoms with Crippen molar-refractivity contribution in [3.05, 3.63) is 65.2 Å². The second-order valence-corrected chi connectivity index (χ2v) is 7.56. The minimum Gasteiger partial charge on any atom is -0.497 e. The van der Waals surface area contributed by atoms with E-state index in [4.69, 9.17) is 18.9 Å². The van der Waals surface area contributed by atoms with Gasteiger partial charge in [-0.05, 0) is 17.7 Å². The lowest BCUT2D eigenvalue weighted by atomic mass is 9.96. The number of benzene rings is 2. The normalized spacial score (nSPS) is 14.7. The third kappa shape index (κ3) is 4.21. The second-order valence-electron chi connectivity index (χ2n) is 7.56. The Balaban J connectivity index is 1.71. The molecule has 2 amide bonds. The van der Waals surface area contributed by atoms with Crippen LogP contribution in [0.25, 0.3) is 0 Å². The van der Waals surface area contributed by atoms with Gasteiger partial charge in [0, 0.05) is 30.8 Å². The second kappa shape index (κ2) is 9.74. The quantitative estimate of drug-likeness (QED) is 0.535. The summed E-state index contributed by atoms with van der Waals surface area (Å²) in [5.41, 5.74) is 3.02. The van der Waals surface area contributed by atoms with Gasteiger partial charge in [0.15, 0.2) is 11.5 Å². The van der Waals surface area contributed by atoms with E-state index < -0.39 is 18.0 Å². The number of imidazole rings is 1. The number of nitrogens with one attached hydrogen (secondary N) is 2. The minimum absolute atomic E-state index is 0.145. The van der Waals surface area contributed by atoms with Crippen molar-refractivity contribution >= 4 is 17.7 Å². The summed E-state index contributed by atoms with van der Waals surface area (Å²) in [5.74, 6) is 0.809. The van der Waals surface area contributed by atoms with Crippen molar-refractivity contribution in [2.24, 2.45) is 0 Å². The highest BCUT2D eigenvalue weighted by molar-refractivity contribution is 6.02. The monoisotopic (exact) mass is 466 g/mol. The van der Waals surface area contributed by atoms with Gasteiger partial charge in [0.1, 0.15) is 11.8 Å². The smallest absolute Gasteiger partial charge is 0.340 e. The van der Waals surface area contributed by atoms with Crippen LogP contribution in [0.1, 0.15) is 33.4 Å². The van der Waals surface area contributed by atoms with Crippen molar-refractivity contribution in [2.75, 3.05) is 40.3 Å². The lowest BCUT2D eigenvalue weighted by Gasteiger charge is -2.35. The number of aromatic amines is 1. The molecule has 0 saturated heterocycles. The van der Waals surface area contributed by atoms with Crippen molar-refractivity contribution in [1.82, 2.24) is 14.9 Å². The Morgan fingerprint density at radius 3 is 2.38 bits per heavy atom. The molecule has 1 atom stereocenters. The van der Waals surface area contributed by atoms with E-state index in [0.717, 1.165) is 17.0 Å². The lowest BCUT2D eigenvalue weighted by Crippen LogP contribution is -2.43. The number of nitrogens with zero attached hydrogens (tertiary/aromatic N) is 2. The maximum absolute atomic E-state index is 13.6. The Morgan fingerprint density at radius 2 is 1.74 bits per heavy atom. The Bertz CT molecular complexity index is 1190. The van der Waals surface area contributed by atoms with Gasteiger partial charge < -0.3 is 34.1 Å². The Labute approximate surface area is 196 Å². The van der Waals surface area contributed by atoms with Crippen LogP contribution < -0.4 is 19.5 Å². The van der Waals surface area contributed by atoms with Crippen LogP contribution in [0.15, 0.2) is 42.7 Å². The molecule has 0 bridgehead atoms. The molecule has 2 heterocycles. The summed E-state index contributed by atoms with van der Waals surface area (Å²) >= 11 is 0. The lowest BCUT2D eigenvalue weighted by molar-refractivity contribution is 0.0601. The Hall–Kier alpha value is -4.21. The van der Waals surface area contributed by atoms with Crippen molar-refractivity contribution < 1.29 is 28.5 Å². The summed E-state index contributed by atoms with van der Waals surface area (Å²) in [6.45, 7) is 0.443. The highest BCUT2D eigenvalue weighted by atomic mass is 16.5. The molecule has 1 aliphatic rings. The number of methoxy groups -OCH3 is 4. The van der Waals surface area contributed by atoms with E-state index in [0.29, 0.717) is 30.2 Å². The molecular weight excluding hydrogens is 440 g/mol. The third-order valence-electron chi connectivity index (χ3n) is 5.79. The van der Waals surface area contributed by atoms with Gasteiger partial charge in [0.2, 0.25) is 0 Å². The predicted octanol–water partition coefficient (Wildman–Crippen LogP) is 3.40. The molecule has 10 heteroatoms. The molecule has 1 unspecified atom stereocenters. The van der Waals surface area contributed by atoms with Gasteiger partial charge in [0.25, 0.3) is 0 Å². The summed E-state index contributed by atoms with van der Waals surface area (Å²) in [7, 11) is 5.81. The van der Waals surface area contributed by atoms with Crippen molar-refractivity contribution in [3.63, 3.8) is 0 Å². The molecule has 2 N–H and O–H groups in total. The van der Waals surface area contributed by atoms with Crippen molar-refractivity contribution in [3.8, 4) is 17.2 Å². The SMILES string of the molecule is COC(=O)c1cc(OC)c(OC)cc1NC(=O)N1CCc2[nH]cnc2C1c1ccc(OC)cc1. The number of ether oxygens (including phenoxy) is 4. The van der Waals surface area contributed by atoms with Crippen LogP contribution in [0.2, 0.25) is 0 Å². The molecular formula is C24H26N4O6. The number of amides is 2. The molecule has 0 spiro atoms. The predicted molar refractivity (Wildman–Crippen MR) is 124 cm³/mol. The summed E-state index contributed by atoms with van der Waals surface area (Å²) in [6.07, 6.45) is 2.25. The average molecular weight is 466 g/mol. The molecule has 0 saturated carbocycles. The van der Waals surface area contributed by atoms with Gasteiger partial charge in [-0.3, -0.25) is 0 Å². The molecule has 2 aromatic carbocycles. The first-order chi connectivity index (χ1) is 16.5. The first kappa shape index (κ1) is 23.0. The van der Waals surface area contributed by atoms with Gasteiger partial charge in [-0.25, -0.2) is 14.6 Å². The van der Waals surface area contributed by atoms with E-state index in [1.54, 1.807) is 18.3 Å². The number of carbonyl (C=O) groups is 2. The Kier molecular flexibility index (Phi) is 6.58. The number of H-pyrrole nitrogens is 1. The number of aromatic nitrogens is 2. The highest BCUT2D eigenvalue weighted by Crippen LogP contribution is 2.37. The highest BCUT2D eigenvalue weighted by Gasteiger charge is 2.34. The summed E-state index contributed by atoms with van der Waals surface area (Å²) in [5, 5.41) is 2.85. The summed E-state index contributed by atoms with van der Waals surface area (Å²) in [4.78, 5) is 35.3. The van der Waals surface area contributed by atoms with E-state index in [1.165, 1.54) is 33.5 Å². The number of carbonyl (C=O) groups excluding carboxylic acids is 2. The van der Waals surface area contributed by atoms with Crippen LogP contribution in [0.3, 0.4) is 0 Å². The molecule has 0 fully saturated rings. The maximum atomic E-state index is 13.6. The van der Waals surface area contributed by atoms with Gasteiger partial charge in [0.05, 0.1) is 51.7 Å². The fourth-order valence-corrected chi connectivity index (χ4v) is 4.07. The van der Waals surface area contributed by atoms with Gasteiger partial charge in [-0.1, -0.05) is 12.1 Å². The molecule has 4 rings (SSSR count). The fourth-order valence-electron chi connectivity index (χ4n) is 4.07. The molecule has 10 nitrogen and oxygen atoms in total. The van der Waals surface area contributed by atoms with Crippen LogP contribution in [0.5, 0.6) is 17.2 Å².